The predicted molar refractivity (Wildman–Crippen MR) is 103 cm³/mol. The molecule has 7 nitrogen and oxygen atoms in total. The summed E-state index contributed by atoms with van der Waals surface area (Å²) < 4.78 is 12.0. The molecule has 1 N–H and O–H groups in total. The van der Waals surface area contributed by atoms with Crippen LogP contribution < -0.4 is 5.32 Å². The van der Waals surface area contributed by atoms with Gasteiger partial charge in [-0.15, -0.1) is 0 Å². The number of morpholine rings is 1. The Labute approximate surface area is 161 Å². The van der Waals surface area contributed by atoms with Gasteiger partial charge in [0.05, 0.1) is 24.8 Å². The van der Waals surface area contributed by atoms with Crippen molar-refractivity contribution in [1.82, 2.24) is 14.9 Å². The number of anilines is 1. The van der Waals surface area contributed by atoms with Crippen molar-refractivity contribution in [1.29, 1.82) is 0 Å². The van der Waals surface area contributed by atoms with E-state index < -0.39 is 5.60 Å². The Bertz CT molecular complexity index is 794. The van der Waals surface area contributed by atoms with E-state index in [1.54, 1.807) is 11.1 Å². The molecule has 0 spiro atoms. The first kappa shape index (κ1) is 18.8. The number of nitrogens with one attached hydrogen (secondary N) is 1. The van der Waals surface area contributed by atoms with Gasteiger partial charge in [-0.2, -0.15) is 0 Å². The molecule has 0 unspecified atom stereocenters. The lowest BCUT2D eigenvalue weighted by atomic mass is 10.2. The lowest BCUT2D eigenvalue weighted by Gasteiger charge is -2.36. The first-order valence-electron chi connectivity index (χ1n) is 8.55. The van der Waals surface area contributed by atoms with Gasteiger partial charge in [0.15, 0.2) is 0 Å². The van der Waals surface area contributed by atoms with Gasteiger partial charge >= 0.3 is 6.09 Å². The average Bonchev–Trinajstić information content (AvgIpc) is 2.58. The minimum atomic E-state index is -0.525. The molecule has 8 heteroatoms. The second-order valence-corrected chi connectivity index (χ2v) is 8.10. The number of carbonyl (C=O) groups is 1. The van der Waals surface area contributed by atoms with Crippen LogP contribution in [0.3, 0.4) is 0 Å². The quantitative estimate of drug-likeness (QED) is 0.815. The van der Waals surface area contributed by atoms with Crippen molar-refractivity contribution >= 4 is 38.9 Å². The molecule has 1 aromatic carbocycles. The molecular weight excluding hydrogens is 400 g/mol. The van der Waals surface area contributed by atoms with Crippen LogP contribution >= 0.6 is 15.9 Å². The highest BCUT2D eigenvalue weighted by Gasteiger charge is 2.31. The largest absolute Gasteiger partial charge is 0.444 e. The van der Waals surface area contributed by atoms with Crippen LogP contribution in [0.25, 0.3) is 10.9 Å². The fourth-order valence-corrected chi connectivity index (χ4v) is 3.06. The highest BCUT2D eigenvalue weighted by atomic mass is 79.9. The molecule has 0 bridgehead atoms. The van der Waals surface area contributed by atoms with E-state index in [4.69, 9.17) is 9.47 Å². The summed E-state index contributed by atoms with van der Waals surface area (Å²) in [5.41, 5.74) is 0.331. The van der Waals surface area contributed by atoms with E-state index in [0.29, 0.717) is 32.3 Å². The second-order valence-electron chi connectivity index (χ2n) is 7.18. The molecule has 0 saturated carbocycles. The van der Waals surface area contributed by atoms with Crippen LogP contribution in [0.15, 0.2) is 28.9 Å². The van der Waals surface area contributed by atoms with Crippen molar-refractivity contribution in [2.45, 2.75) is 32.4 Å². The molecule has 1 aliphatic rings. The van der Waals surface area contributed by atoms with Crippen molar-refractivity contribution < 1.29 is 14.3 Å². The zero-order valence-electron chi connectivity index (χ0n) is 15.2. The number of carbonyl (C=O) groups excluding carboxylic acids is 1. The molecule has 2 heterocycles. The minimum Gasteiger partial charge on any atom is -0.444 e. The van der Waals surface area contributed by atoms with Crippen LogP contribution in [0.1, 0.15) is 20.8 Å². The summed E-state index contributed by atoms with van der Waals surface area (Å²) in [5.74, 6) is 0.523. The maximum Gasteiger partial charge on any atom is 0.410 e. The normalized spacial score (nSPS) is 18.0. The summed E-state index contributed by atoms with van der Waals surface area (Å²) in [6, 6.07) is 5.71. The molecule has 26 heavy (non-hydrogen) atoms. The summed E-state index contributed by atoms with van der Waals surface area (Å²) >= 11 is 3.44. The fourth-order valence-electron chi connectivity index (χ4n) is 2.68. The Morgan fingerprint density at radius 3 is 3.04 bits per heavy atom. The maximum atomic E-state index is 12.4. The molecule has 1 amide bonds. The number of ether oxygens (including phenoxy) is 2. The van der Waals surface area contributed by atoms with Gasteiger partial charge in [-0.3, -0.25) is 4.90 Å². The van der Waals surface area contributed by atoms with E-state index >= 15 is 0 Å². The van der Waals surface area contributed by atoms with Gasteiger partial charge in [-0.1, -0.05) is 15.9 Å². The highest BCUT2D eigenvalue weighted by Crippen LogP contribution is 2.19. The third-order valence-electron chi connectivity index (χ3n) is 3.89. The van der Waals surface area contributed by atoms with Gasteiger partial charge in [-0.25, -0.2) is 14.8 Å². The van der Waals surface area contributed by atoms with Crippen molar-refractivity contribution in [2.75, 3.05) is 31.6 Å². The minimum absolute atomic E-state index is 0.136. The maximum absolute atomic E-state index is 12.4. The number of fused-ring (bicyclic) bond motifs is 1. The molecule has 0 aliphatic carbocycles. The smallest absolute Gasteiger partial charge is 0.410 e. The molecule has 1 saturated heterocycles. The number of amides is 1. The van der Waals surface area contributed by atoms with Gasteiger partial charge in [0.25, 0.3) is 0 Å². The Morgan fingerprint density at radius 2 is 2.27 bits per heavy atom. The second kappa shape index (κ2) is 7.75. The van der Waals surface area contributed by atoms with Crippen molar-refractivity contribution in [3.63, 3.8) is 0 Å². The molecular formula is C18H23BrN4O3. The molecule has 0 radical (unpaired) electrons. The Kier molecular flexibility index (Phi) is 5.62. The Balaban J connectivity index is 1.66. The van der Waals surface area contributed by atoms with Crippen molar-refractivity contribution in [3.8, 4) is 0 Å². The first-order valence-corrected chi connectivity index (χ1v) is 9.35. The summed E-state index contributed by atoms with van der Waals surface area (Å²) in [7, 11) is 0. The fraction of sp³-hybridized carbons (Fsp3) is 0.500. The van der Waals surface area contributed by atoms with Gasteiger partial charge < -0.3 is 14.8 Å². The average molecular weight is 423 g/mol. The number of nitrogens with zero attached hydrogens (tertiary/aromatic N) is 3. The number of benzene rings is 1. The topological polar surface area (TPSA) is 76.6 Å². The van der Waals surface area contributed by atoms with E-state index in [9.17, 15) is 4.79 Å². The van der Waals surface area contributed by atoms with Gasteiger partial charge in [-0.05, 0) is 39.0 Å². The molecule has 140 valence electrons. The zero-order valence-corrected chi connectivity index (χ0v) is 16.7. The molecule has 3 rings (SSSR count). The Hall–Kier alpha value is -1.93. The number of rotatable bonds is 3. The lowest BCUT2D eigenvalue weighted by molar-refractivity contribution is -0.0291. The number of halogens is 1. The lowest BCUT2D eigenvalue weighted by Crippen LogP contribution is -2.53. The summed E-state index contributed by atoms with van der Waals surface area (Å²) in [4.78, 5) is 23.0. The molecule has 1 atom stereocenters. The molecule has 2 aromatic rings. The molecule has 1 fully saturated rings. The van der Waals surface area contributed by atoms with E-state index in [2.05, 4.69) is 31.2 Å². The van der Waals surface area contributed by atoms with Crippen LogP contribution in [-0.4, -0.2) is 58.9 Å². The van der Waals surface area contributed by atoms with Gasteiger partial charge in [0.1, 0.15) is 5.60 Å². The van der Waals surface area contributed by atoms with Crippen LogP contribution in [0.2, 0.25) is 0 Å². The molecule has 1 aromatic heterocycles. The monoisotopic (exact) mass is 422 g/mol. The summed E-state index contributed by atoms with van der Waals surface area (Å²) in [5, 5.41) is 4.16. The summed E-state index contributed by atoms with van der Waals surface area (Å²) in [6.45, 7) is 7.54. The van der Waals surface area contributed by atoms with Crippen LogP contribution in [0.5, 0.6) is 0 Å². The van der Waals surface area contributed by atoms with E-state index in [1.807, 2.05) is 39.0 Å². The van der Waals surface area contributed by atoms with E-state index in [1.165, 1.54) is 0 Å². The third kappa shape index (κ3) is 4.82. The van der Waals surface area contributed by atoms with E-state index in [0.717, 1.165) is 15.4 Å². The number of aromatic nitrogens is 2. The predicted octanol–water partition coefficient (Wildman–Crippen LogP) is 3.44. The first-order chi connectivity index (χ1) is 12.3. The molecule has 1 aliphatic heterocycles. The van der Waals surface area contributed by atoms with Gasteiger partial charge in [0, 0.05) is 29.1 Å². The van der Waals surface area contributed by atoms with Crippen LogP contribution in [0, 0.1) is 0 Å². The SMILES string of the molecule is CC(C)(C)OC(=O)N1CCOC[C@H]1CNc1ncc2cc(Br)ccc2n1. The number of hydrogen-bond donors (Lipinski definition) is 1. The third-order valence-corrected chi connectivity index (χ3v) is 4.39. The zero-order chi connectivity index (χ0) is 18.7. The van der Waals surface area contributed by atoms with E-state index in [-0.39, 0.29) is 12.1 Å². The highest BCUT2D eigenvalue weighted by molar-refractivity contribution is 9.10. The van der Waals surface area contributed by atoms with Crippen molar-refractivity contribution in [3.05, 3.63) is 28.9 Å². The van der Waals surface area contributed by atoms with Gasteiger partial charge in [0.2, 0.25) is 5.95 Å². The Morgan fingerprint density at radius 1 is 1.46 bits per heavy atom. The van der Waals surface area contributed by atoms with Crippen LogP contribution in [-0.2, 0) is 9.47 Å². The standard InChI is InChI=1S/C18H23BrN4O3/c1-18(2,3)26-17(24)23-6-7-25-11-14(23)10-21-16-20-9-12-8-13(19)4-5-15(12)22-16/h4-5,8-9,14H,6-7,10-11H2,1-3H3,(H,20,21,22)/t14-/m1/s1. The summed E-state index contributed by atoms with van der Waals surface area (Å²) in [6.07, 6.45) is 1.45. The number of hydrogen-bond acceptors (Lipinski definition) is 6. The van der Waals surface area contributed by atoms with Crippen LogP contribution in [0.4, 0.5) is 10.7 Å². The van der Waals surface area contributed by atoms with Crippen molar-refractivity contribution in [2.24, 2.45) is 0 Å².